The molecule has 3 nitrogen and oxygen atoms in total. The molecule has 0 aliphatic heterocycles. The van der Waals surface area contributed by atoms with Gasteiger partial charge in [0.2, 0.25) is 0 Å². The smallest absolute Gasteiger partial charge is 0.185 e. The highest BCUT2D eigenvalue weighted by atomic mass is 16.3. The van der Waals surface area contributed by atoms with E-state index in [4.69, 9.17) is 4.42 Å². The molecule has 0 saturated carbocycles. The number of hydrogen-bond donors (Lipinski definition) is 1. The lowest BCUT2D eigenvalue weighted by molar-refractivity contribution is 0.101. The van der Waals surface area contributed by atoms with Crippen LogP contribution < -0.4 is 5.32 Å². The Morgan fingerprint density at radius 2 is 2.00 bits per heavy atom. The molecule has 0 fully saturated rings. The maximum atomic E-state index is 11.6. The molecule has 1 aromatic heterocycles. The van der Waals surface area contributed by atoms with Gasteiger partial charge in [0.15, 0.2) is 5.78 Å². The highest BCUT2D eigenvalue weighted by Crippen LogP contribution is 2.06. The van der Waals surface area contributed by atoms with Crippen LogP contribution in [0.2, 0.25) is 0 Å². The molecule has 0 unspecified atom stereocenters. The lowest BCUT2D eigenvalue weighted by Gasteiger charge is -2.03. The molecule has 1 N–H and O–H groups in total. The van der Waals surface area contributed by atoms with Gasteiger partial charge in [-0.15, -0.1) is 0 Å². The third kappa shape index (κ3) is 2.47. The van der Waals surface area contributed by atoms with E-state index in [9.17, 15) is 4.79 Å². The Morgan fingerprint density at radius 3 is 2.67 bits per heavy atom. The molecule has 0 spiro atoms. The van der Waals surface area contributed by atoms with E-state index in [1.807, 2.05) is 30.3 Å². The average molecular weight is 201 g/mol. The predicted octanol–water partition coefficient (Wildman–Crippen LogP) is 2.57. The minimum atomic E-state index is 0.0209. The predicted molar refractivity (Wildman–Crippen MR) is 58.0 cm³/mol. The second-order valence-electron chi connectivity index (χ2n) is 3.15. The van der Waals surface area contributed by atoms with Crippen molar-refractivity contribution in [2.75, 3.05) is 11.9 Å². The van der Waals surface area contributed by atoms with Crippen molar-refractivity contribution in [3.8, 4) is 0 Å². The summed E-state index contributed by atoms with van der Waals surface area (Å²) in [5, 5.41) is 3.04. The van der Waals surface area contributed by atoms with E-state index in [2.05, 4.69) is 5.32 Å². The number of para-hydroxylation sites is 1. The van der Waals surface area contributed by atoms with E-state index in [-0.39, 0.29) is 12.3 Å². The van der Waals surface area contributed by atoms with Crippen LogP contribution in [0.3, 0.4) is 0 Å². The third-order valence-corrected chi connectivity index (χ3v) is 2.07. The Balaban J connectivity index is 1.92. The molecule has 0 atom stereocenters. The van der Waals surface area contributed by atoms with Crippen molar-refractivity contribution in [3.63, 3.8) is 0 Å². The number of carbonyl (C=O) groups excluding carboxylic acids is 1. The summed E-state index contributed by atoms with van der Waals surface area (Å²) in [4.78, 5) is 11.6. The fraction of sp³-hybridized carbons (Fsp3) is 0.0833. The van der Waals surface area contributed by atoms with E-state index in [0.717, 1.165) is 5.69 Å². The fourth-order valence-electron chi connectivity index (χ4n) is 1.26. The van der Waals surface area contributed by atoms with Crippen molar-refractivity contribution in [2.24, 2.45) is 0 Å². The molecule has 0 bridgehead atoms. The molecule has 1 aromatic carbocycles. The fourth-order valence-corrected chi connectivity index (χ4v) is 1.26. The normalized spacial score (nSPS) is 9.87. The summed E-state index contributed by atoms with van der Waals surface area (Å²) in [5.74, 6) is 0.0209. The first-order chi connectivity index (χ1) is 7.36. The summed E-state index contributed by atoms with van der Waals surface area (Å²) in [6, 6.07) is 11.3. The van der Waals surface area contributed by atoms with Crippen molar-refractivity contribution in [2.45, 2.75) is 0 Å². The number of anilines is 1. The summed E-state index contributed by atoms with van der Waals surface area (Å²) in [6.07, 6.45) is 2.95. The summed E-state index contributed by atoms with van der Waals surface area (Å²) < 4.78 is 4.84. The van der Waals surface area contributed by atoms with Gasteiger partial charge in [0, 0.05) is 5.69 Å². The number of carbonyl (C=O) groups is 1. The van der Waals surface area contributed by atoms with Crippen LogP contribution in [0.25, 0.3) is 0 Å². The molecule has 0 aliphatic rings. The Hall–Kier alpha value is -2.03. The maximum absolute atomic E-state index is 11.6. The van der Waals surface area contributed by atoms with Gasteiger partial charge in [-0.2, -0.15) is 0 Å². The molecule has 0 amide bonds. The minimum Gasteiger partial charge on any atom is -0.472 e. The number of hydrogen-bond acceptors (Lipinski definition) is 3. The van der Waals surface area contributed by atoms with Crippen LogP contribution in [0.4, 0.5) is 5.69 Å². The molecule has 0 aliphatic carbocycles. The number of furan rings is 1. The van der Waals surface area contributed by atoms with E-state index in [1.54, 1.807) is 6.07 Å². The molecule has 0 saturated heterocycles. The van der Waals surface area contributed by atoms with E-state index in [1.165, 1.54) is 12.5 Å². The zero-order chi connectivity index (χ0) is 10.5. The van der Waals surface area contributed by atoms with Crippen LogP contribution in [0, 0.1) is 0 Å². The van der Waals surface area contributed by atoms with Gasteiger partial charge in [0.1, 0.15) is 6.26 Å². The highest BCUT2D eigenvalue weighted by molar-refractivity contribution is 5.98. The Labute approximate surface area is 87.7 Å². The maximum Gasteiger partial charge on any atom is 0.185 e. The molecule has 0 radical (unpaired) electrons. The quantitative estimate of drug-likeness (QED) is 0.773. The lowest BCUT2D eigenvalue weighted by Crippen LogP contribution is -2.13. The zero-order valence-electron chi connectivity index (χ0n) is 8.14. The van der Waals surface area contributed by atoms with Crippen LogP contribution in [-0.4, -0.2) is 12.3 Å². The van der Waals surface area contributed by atoms with Crippen molar-refractivity contribution in [1.82, 2.24) is 0 Å². The van der Waals surface area contributed by atoms with E-state index in [0.29, 0.717) is 5.56 Å². The van der Waals surface area contributed by atoms with Gasteiger partial charge in [-0.25, -0.2) is 0 Å². The van der Waals surface area contributed by atoms with Gasteiger partial charge in [0.25, 0.3) is 0 Å². The number of ketones is 1. The summed E-state index contributed by atoms with van der Waals surface area (Å²) >= 11 is 0. The number of rotatable bonds is 4. The second kappa shape index (κ2) is 4.46. The van der Waals surface area contributed by atoms with Crippen LogP contribution >= 0.6 is 0 Å². The van der Waals surface area contributed by atoms with Gasteiger partial charge in [-0.3, -0.25) is 4.79 Å². The largest absolute Gasteiger partial charge is 0.472 e. The Kier molecular flexibility index (Phi) is 2.83. The van der Waals surface area contributed by atoms with Crippen molar-refractivity contribution < 1.29 is 9.21 Å². The molecule has 76 valence electrons. The summed E-state index contributed by atoms with van der Waals surface area (Å²) in [6.45, 7) is 0.281. The molecular formula is C12H11NO2. The monoisotopic (exact) mass is 201 g/mol. The summed E-state index contributed by atoms with van der Waals surface area (Å²) in [5.41, 5.74) is 1.53. The average Bonchev–Trinajstić information content (AvgIpc) is 2.81. The van der Waals surface area contributed by atoms with E-state index >= 15 is 0 Å². The SMILES string of the molecule is O=C(CNc1ccccc1)c1ccoc1. The number of nitrogens with one attached hydrogen (secondary N) is 1. The van der Waals surface area contributed by atoms with Crippen molar-refractivity contribution >= 4 is 11.5 Å². The molecule has 1 heterocycles. The topological polar surface area (TPSA) is 42.2 Å². The molecule has 3 heteroatoms. The van der Waals surface area contributed by atoms with Gasteiger partial charge in [0.05, 0.1) is 18.4 Å². The zero-order valence-corrected chi connectivity index (χ0v) is 8.14. The standard InChI is InChI=1S/C12H11NO2/c14-12(10-6-7-15-9-10)8-13-11-4-2-1-3-5-11/h1-7,9,13H,8H2. The van der Waals surface area contributed by atoms with Crippen LogP contribution in [0.1, 0.15) is 10.4 Å². The number of benzene rings is 1. The number of Topliss-reactive ketones (excluding diaryl/α,β-unsaturated/α-hetero) is 1. The molecular weight excluding hydrogens is 190 g/mol. The Bertz CT molecular complexity index is 420. The van der Waals surface area contributed by atoms with Gasteiger partial charge in [-0.05, 0) is 18.2 Å². The van der Waals surface area contributed by atoms with Crippen molar-refractivity contribution in [1.29, 1.82) is 0 Å². The highest BCUT2D eigenvalue weighted by Gasteiger charge is 2.05. The second-order valence-corrected chi connectivity index (χ2v) is 3.15. The first-order valence-electron chi connectivity index (χ1n) is 4.70. The Morgan fingerprint density at radius 1 is 1.20 bits per heavy atom. The molecule has 2 rings (SSSR count). The van der Waals surface area contributed by atoms with Crippen LogP contribution in [-0.2, 0) is 0 Å². The van der Waals surface area contributed by atoms with Gasteiger partial charge < -0.3 is 9.73 Å². The first-order valence-corrected chi connectivity index (χ1v) is 4.70. The molecule has 15 heavy (non-hydrogen) atoms. The van der Waals surface area contributed by atoms with Gasteiger partial charge in [-0.1, -0.05) is 18.2 Å². The summed E-state index contributed by atoms with van der Waals surface area (Å²) in [7, 11) is 0. The van der Waals surface area contributed by atoms with Crippen molar-refractivity contribution in [3.05, 3.63) is 54.5 Å². The van der Waals surface area contributed by atoms with Gasteiger partial charge >= 0.3 is 0 Å². The molecule has 2 aromatic rings. The first kappa shape index (κ1) is 9.52. The van der Waals surface area contributed by atoms with Crippen LogP contribution in [0.15, 0.2) is 53.3 Å². The van der Waals surface area contributed by atoms with E-state index < -0.39 is 0 Å². The lowest BCUT2D eigenvalue weighted by atomic mass is 10.2. The minimum absolute atomic E-state index is 0.0209. The van der Waals surface area contributed by atoms with Crippen LogP contribution in [0.5, 0.6) is 0 Å². The third-order valence-electron chi connectivity index (χ3n) is 2.07.